The summed E-state index contributed by atoms with van der Waals surface area (Å²) in [6.45, 7) is 2.67. The first-order chi connectivity index (χ1) is 9.77. The van der Waals surface area contributed by atoms with E-state index in [9.17, 15) is 4.39 Å². The maximum atomic E-state index is 14.2. The summed E-state index contributed by atoms with van der Waals surface area (Å²) >= 11 is 0. The predicted molar refractivity (Wildman–Crippen MR) is 80.5 cm³/mol. The SMILES string of the molecule is CN.Cc1ccccc1-c1c(F)ccc2c1OCCC2. The Hall–Kier alpha value is -1.87. The summed E-state index contributed by atoms with van der Waals surface area (Å²) in [5, 5.41) is 0. The third-order valence-corrected chi connectivity index (χ3v) is 3.44. The van der Waals surface area contributed by atoms with Gasteiger partial charge in [0.25, 0.3) is 0 Å². The van der Waals surface area contributed by atoms with Crippen molar-refractivity contribution in [3.63, 3.8) is 0 Å². The third-order valence-electron chi connectivity index (χ3n) is 3.44. The monoisotopic (exact) mass is 273 g/mol. The molecule has 0 unspecified atom stereocenters. The zero-order valence-electron chi connectivity index (χ0n) is 11.9. The van der Waals surface area contributed by atoms with Crippen LogP contribution in [0.25, 0.3) is 11.1 Å². The number of ether oxygens (including phenoxy) is 1. The maximum Gasteiger partial charge on any atom is 0.134 e. The Balaban J connectivity index is 0.000000704. The van der Waals surface area contributed by atoms with Crippen LogP contribution in [0.5, 0.6) is 5.75 Å². The summed E-state index contributed by atoms with van der Waals surface area (Å²) < 4.78 is 19.9. The molecule has 3 rings (SSSR count). The Bertz CT molecular complexity index is 596. The summed E-state index contributed by atoms with van der Waals surface area (Å²) in [6.07, 6.45) is 1.97. The van der Waals surface area contributed by atoms with Crippen molar-refractivity contribution in [1.29, 1.82) is 0 Å². The number of rotatable bonds is 1. The zero-order chi connectivity index (χ0) is 14.5. The van der Waals surface area contributed by atoms with Gasteiger partial charge < -0.3 is 10.5 Å². The number of aryl methyl sites for hydroxylation is 2. The first-order valence-electron chi connectivity index (χ1n) is 6.85. The van der Waals surface area contributed by atoms with Crippen LogP contribution in [0.2, 0.25) is 0 Å². The largest absolute Gasteiger partial charge is 0.493 e. The molecule has 0 atom stereocenters. The molecular weight excluding hydrogens is 253 g/mol. The van der Waals surface area contributed by atoms with Gasteiger partial charge in [-0.15, -0.1) is 0 Å². The molecule has 1 aliphatic heterocycles. The number of hydrogen-bond donors (Lipinski definition) is 1. The second-order valence-corrected chi connectivity index (χ2v) is 4.68. The van der Waals surface area contributed by atoms with E-state index < -0.39 is 0 Å². The lowest BCUT2D eigenvalue weighted by Gasteiger charge is -2.21. The standard InChI is InChI=1S/C16H15FO.CH5N/c1-11-5-2-3-7-13(11)15-14(17)9-8-12-6-4-10-18-16(12)15;1-2/h2-3,5,7-9H,4,6,10H2,1H3;2H2,1H3. The Labute approximate surface area is 119 Å². The van der Waals surface area contributed by atoms with Crippen molar-refractivity contribution < 1.29 is 9.13 Å². The highest BCUT2D eigenvalue weighted by molar-refractivity contribution is 5.75. The van der Waals surface area contributed by atoms with Crippen molar-refractivity contribution in [2.75, 3.05) is 13.7 Å². The molecule has 3 heteroatoms. The van der Waals surface area contributed by atoms with E-state index in [0.29, 0.717) is 12.2 Å². The van der Waals surface area contributed by atoms with Gasteiger partial charge in [-0.3, -0.25) is 0 Å². The fourth-order valence-corrected chi connectivity index (χ4v) is 2.50. The molecule has 0 aliphatic carbocycles. The molecule has 0 saturated carbocycles. The molecule has 106 valence electrons. The number of hydrogen-bond acceptors (Lipinski definition) is 2. The lowest BCUT2D eigenvalue weighted by atomic mass is 9.94. The summed E-state index contributed by atoms with van der Waals surface area (Å²) in [7, 11) is 1.50. The van der Waals surface area contributed by atoms with Gasteiger partial charge in [0.1, 0.15) is 11.6 Å². The van der Waals surface area contributed by atoms with E-state index in [1.807, 2.05) is 37.3 Å². The van der Waals surface area contributed by atoms with Gasteiger partial charge in [0.15, 0.2) is 0 Å². The molecule has 2 aromatic carbocycles. The smallest absolute Gasteiger partial charge is 0.134 e. The van der Waals surface area contributed by atoms with Gasteiger partial charge >= 0.3 is 0 Å². The van der Waals surface area contributed by atoms with Gasteiger partial charge in [-0.25, -0.2) is 4.39 Å². The summed E-state index contributed by atoms with van der Waals surface area (Å²) in [5.74, 6) is 0.528. The predicted octanol–water partition coefficient (Wildman–Crippen LogP) is 3.70. The average molecular weight is 273 g/mol. The fourth-order valence-electron chi connectivity index (χ4n) is 2.50. The lowest BCUT2D eigenvalue weighted by molar-refractivity contribution is 0.288. The molecule has 0 amide bonds. The Kier molecular flexibility index (Phi) is 4.74. The first kappa shape index (κ1) is 14.5. The molecule has 2 aromatic rings. The van der Waals surface area contributed by atoms with Crippen molar-refractivity contribution in [3.8, 4) is 16.9 Å². The number of nitrogens with two attached hydrogens (primary N) is 1. The first-order valence-corrected chi connectivity index (χ1v) is 6.85. The lowest BCUT2D eigenvalue weighted by Crippen LogP contribution is -2.10. The van der Waals surface area contributed by atoms with Crippen LogP contribution in [0.4, 0.5) is 4.39 Å². The van der Waals surface area contributed by atoms with Gasteiger partial charge in [-0.05, 0) is 49.6 Å². The van der Waals surface area contributed by atoms with Gasteiger partial charge in [-0.2, -0.15) is 0 Å². The van der Waals surface area contributed by atoms with E-state index in [-0.39, 0.29) is 5.82 Å². The topological polar surface area (TPSA) is 35.2 Å². The molecule has 0 spiro atoms. The van der Waals surface area contributed by atoms with E-state index in [1.165, 1.54) is 7.05 Å². The second kappa shape index (κ2) is 6.53. The van der Waals surface area contributed by atoms with E-state index in [2.05, 4.69) is 5.73 Å². The molecular formula is C17H20FNO. The number of halogens is 1. The van der Waals surface area contributed by atoms with Gasteiger partial charge in [-0.1, -0.05) is 30.3 Å². The van der Waals surface area contributed by atoms with Crippen LogP contribution in [0, 0.1) is 12.7 Å². The van der Waals surface area contributed by atoms with Crippen LogP contribution in [-0.4, -0.2) is 13.7 Å². The number of fused-ring (bicyclic) bond motifs is 1. The Morgan fingerprint density at radius 3 is 2.60 bits per heavy atom. The van der Waals surface area contributed by atoms with E-state index >= 15 is 0 Å². The van der Waals surface area contributed by atoms with Crippen LogP contribution in [0.15, 0.2) is 36.4 Å². The quantitative estimate of drug-likeness (QED) is 0.859. The van der Waals surface area contributed by atoms with E-state index in [4.69, 9.17) is 4.74 Å². The van der Waals surface area contributed by atoms with Gasteiger partial charge in [0.2, 0.25) is 0 Å². The second-order valence-electron chi connectivity index (χ2n) is 4.68. The molecule has 0 aromatic heterocycles. The molecule has 0 saturated heterocycles. The molecule has 2 nitrogen and oxygen atoms in total. The van der Waals surface area contributed by atoms with E-state index in [0.717, 1.165) is 35.3 Å². The molecule has 0 fully saturated rings. The van der Waals surface area contributed by atoms with Crippen molar-refractivity contribution in [3.05, 3.63) is 53.3 Å². The molecule has 1 heterocycles. The molecule has 2 N–H and O–H groups in total. The van der Waals surface area contributed by atoms with Crippen LogP contribution in [-0.2, 0) is 6.42 Å². The summed E-state index contributed by atoms with van der Waals surface area (Å²) in [5.41, 5.74) is 8.22. The molecule has 0 bridgehead atoms. The number of benzene rings is 2. The highest BCUT2D eigenvalue weighted by Gasteiger charge is 2.20. The minimum Gasteiger partial charge on any atom is -0.493 e. The maximum absolute atomic E-state index is 14.2. The van der Waals surface area contributed by atoms with Gasteiger partial charge in [0, 0.05) is 0 Å². The van der Waals surface area contributed by atoms with Crippen LogP contribution in [0.3, 0.4) is 0 Å². The average Bonchev–Trinajstić information content (AvgIpc) is 2.50. The molecule has 0 radical (unpaired) electrons. The molecule has 20 heavy (non-hydrogen) atoms. The van der Waals surface area contributed by atoms with Crippen molar-refractivity contribution in [2.45, 2.75) is 19.8 Å². The summed E-state index contributed by atoms with van der Waals surface area (Å²) in [6, 6.07) is 11.2. The van der Waals surface area contributed by atoms with Gasteiger partial charge in [0.05, 0.1) is 12.2 Å². The third kappa shape index (κ3) is 2.68. The highest BCUT2D eigenvalue weighted by atomic mass is 19.1. The normalized spacial score (nSPS) is 12.8. The zero-order valence-corrected chi connectivity index (χ0v) is 11.9. The highest BCUT2D eigenvalue weighted by Crippen LogP contribution is 2.39. The Morgan fingerprint density at radius 2 is 1.85 bits per heavy atom. The fraction of sp³-hybridized carbons (Fsp3) is 0.294. The van der Waals surface area contributed by atoms with Crippen molar-refractivity contribution >= 4 is 0 Å². The minimum absolute atomic E-state index is 0.204. The summed E-state index contributed by atoms with van der Waals surface area (Å²) in [4.78, 5) is 0. The van der Waals surface area contributed by atoms with E-state index in [1.54, 1.807) is 6.07 Å². The molecule has 1 aliphatic rings. The minimum atomic E-state index is -0.204. The van der Waals surface area contributed by atoms with Crippen molar-refractivity contribution in [1.82, 2.24) is 0 Å². The van der Waals surface area contributed by atoms with Crippen LogP contribution < -0.4 is 10.5 Å². The Morgan fingerprint density at radius 1 is 1.10 bits per heavy atom. The van der Waals surface area contributed by atoms with Crippen molar-refractivity contribution in [2.24, 2.45) is 5.73 Å². The van der Waals surface area contributed by atoms with Crippen LogP contribution >= 0.6 is 0 Å². The van der Waals surface area contributed by atoms with Crippen LogP contribution in [0.1, 0.15) is 17.5 Å².